The highest BCUT2D eigenvalue weighted by atomic mass is 35.5. The van der Waals surface area contributed by atoms with Gasteiger partial charge in [0.15, 0.2) is 0 Å². The molecule has 3 heterocycles. The molecule has 94 valence electrons. The lowest BCUT2D eigenvalue weighted by molar-refractivity contribution is -0.121. The lowest BCUT2D eigenvalue weighted by atomic mass is 10.1. The smallest absolute Gasteiger partial charge is 0.255 e. The molecule has 3 rings (SSSR count). The van der Waals surface area contributed by atoms with Crippen molar-refractivity contribution in [2.24, 2.45) is 11.7 Å². The number of nitrogens with two attached hydrogens (primary N) is 1. The molecule has 0 aliphatic carbocycles. The van der Waals surface area contributed by atoms with Gasteiger partial charge in [-0.1, -0.05) is 11.6 Å². The number of amides is 1. The van der Waals surface area contributed by atoms with Crippen LogP contribution in [-0.4, -0.2) is 38.6 Å². The molecule has 0 aromatic carbocycles. The number of hydrogen-bond donors (Lipinski definition) is 1. The number of halogens is 1. The quantitative estimate of drug-likeness (QED) is 0.778. The number of aromatic nitrogens is 4. The molecule has 18 heavy (non-hydrogen) atoms. The van der Waals surface area contributed by atoms with Gasteiger partial charge in [0, 0.05) is 19.2 Å². The third-order valence-electron chi connectivity index (χ3n) is 3.12. The molecule has 7 nitrogen and oxygen atoms in total. The summed E-state index contributed by atoms with van der Waals surface area (Å²) in [6.45, 7) is 1.31. The molecule has 2 aromatic rings. The molecule has 1 aliphatic rings. The van der Waals surface area contributed by atoms with Gasteiger partial charge in [0.2, 0.25) is 5.91 Å². The molecular weight excluding hydrogens is 256 g/mol. The summed E-state index contributed by atoms with van der Waals surface area (Å²) in [4.78, 5) is 21.3. The second-order valence-corrected chi connectivity index (χ2v) is 4.63. The molecule has 1 atom stereocenters. The van der Waals surface area contributed by atoms with Crippen LogP contribution in [0.4, 0.5) is 5.82 Å². The molecular formula is C10H11ClN6O. The normalized spacial score (nSPS) is 19.6. The standard InChI is InChI=1S/C10H11ClN6O/c11-7-3-8(17-10(15-7)13-5-14-17)16-2-1-6(4-16)9(12)18/h3,5-6H,1-2,4H2,(H2,12,18). The van der Waals surface area contributed by atoms with Crippen LogP contribution in [0.25, 0.3) is 5.78 Å². The zero-order chi connectivity index (χ0) is 12.7. The van der Waals surface area contributed by atoms with Crippen molar-refractivity contribution < 1.29 is 4.79 Å². The van der Waals surface area contributed by atoms with Crippen LogP contribution in [0, 0.1) is 5.92 Å². The molecule has 1 aliphatic heterocycles. The minimum Gasteiger partial charge on any atom is -0.369 e. The number of carbonyl (C=O) groups excluding carboxylic acids is 1. The summed E-state index contributed by atoms with van der Waals surface area (Å²) in [6, 6.07) is 1.71. The Balaban J connectivity index is 1.99. The zero-order valence-electron chi connectivity index (χ0n) is 9.45. The zero-order valence-corrected chi connectivity index (χ0v) is 10.2. The summed E-state index contributed by atoms with van der Waals surface area (Å²) in [7, 11) is 0. The number of carbonyl (C=O) groups is 1. The van der Waals surface area contributed by atoms with Crippen LogP contribution < -0.4 is 10.6 Å². The molecule has 8 heteroatoms. The van der Waals surface area contributed by atoms with Crippen LogP contribution in [-0.2, 0) is 4.79 Å². The summed E-state index contributed by atoms with van der Waals surface area (Å²) < 4.78 is 1.61. The van der Waals surface area contributed by atoms with Gasteiger partial charge in [0.1, 0.15) is 17.3 Å². The summed E-state index contributed by atoms with van der Waals surface area (Å²) >= 11 is 5.95. The lowest BCUT2D eigenvalue weighted by Crippen LogP contribution is -2.28. The molecule has 0 radical (unpaired) electrons. The fraction of sp³-hybridized carbons (Fsp3) is 0.400. The third-order valence-corrected chi connectivity index (χ3v) is 3.31. The fourth-order valence-corrected chi connectivity index (χ4v) is 2.37. The van der Waals surface area contributed by atoms with Crippen molar-refractivity contribution in [3.63, 3.8) is 0 Å². The van der Waals surface area contributed by atoms with Gasteiger partial charge in [-0.05, 0) is 6.42 Å². The van der Waals surface area contributed by atoms with Crippen LogP contribution in [0.2, 0.25) is 5.15 Å². The van der Waals surface area contributed by atoms with Crippen LogP contribution in [0.3, 0.4) is 0 Å². The van der Waals surface area contributed by atoms with E-state index in [1.807, 2.05) is 4.90 Å². The SMILES string of the molecule is NC(=O)C1CCN(c2cc(Cl)nc3ncnn23)C1. The van der Waals surface area contributed by atoms with Crippen molar-refractivity contribution in [2.45, 2.75) is 6.42 Å². The molecule has 1 fully saturated rings. The van der Waals surface area contributed by atoms with E-state index in [9.17, 15) is 4.79 Å². The van der Waals surface area contributed by atoms with Gasteiger partial charge in [-0.25, -0.2) is 0 Å². The first kappa shape index (κ1) is 11.2. The van der Waals surface area contributed by atoms with Gasteiger partial charge in [0.05, 0.1) is 5.92 Å². The monoisotopic (exact) mass is 266 g/mol. The maximum absolute atomic E-state index is 11.2. The van der Waals surface area contributed by atoms with E-state index in [0.29, 0.717) is 17.5 Å². The Bertz CT molecular complexity index is 611. The number of primary amides is 1. The van der Waals surface area contributed by atoms with Gasteiger partial charge in [-0.2, -0.15) is 19.6 Å². The van der Waals surface area contributed by atoms with Crippen molar-refractivity contribution in [1.82, 2.24) is 19.6 Å². The van der Waals surface area contributed by atoms with Crippen molar-refractivity contribution in [1.29, 1.82) is 0 Å². The van der Waals surface area contributed by atoms with E-state index in [1.165, 1.54) is 6.33 Å². The summed E-state index contributed by atoms with van der Waals surface area (Å²) in [5, 5.41) is 4.46. The molecule has 2 N–H and O–H groups in total. The van der Waals surface area contributed by atoms with E-state index in [1.54, 1.807) is 10.6 Å². The van der Waals surface area contributed by atoms with Crippen LogP contribution >= 0.6 is 11.6 Å². The predicted molar refractivity (Wildman–Crippen MR) is 65.3 cm³/mol. The van der Waals surface area contributed by atoms with Gasteiger partial charge in [0.25, 0.3) is 5.78 Å². The maximum atomic E-state index is 11.2. The summed E-state index contributed by atoms with van der Waals surface area (Å²) in [5.41, 5.74) is 5.32. The van der Waals surface area contributed by atoms with E-state index in [2.05, 4.69) is 15.1 Å². The van der Waals surface area contributed by atoms with Gasteiger partial charge < -0.3 is 10.6 Å². The van der Waals surface area contributed by atoms with E-state index in [-0.39, 0.29) is 11.8 Å². The number of nitrogens with zero attached hydrogens (tertiary/aromatic N) is 5. The highest BCUT2D eigenvalue weighted by Gasteiger charge is 2.28. The Labute approximate surface area is 108 Å². The van der Waals surface area contributed by atoms with E-state index in [4.69, 9.17) is 17.3 Å². The predicted octanol–water partition coefficient (Wildman–Crippen LogP) is 0.0893. The van der Waals surface area contributed by atoms with Crippen molar-refractivity contribution in [3.05, 3.63) is 17.5 Å². The second kappa shape index (κ2) is 4.09. The average Bonchev–Trinajstić information content (AvgIpc) is 2.95. The van der Waals surface area contributed by atoms with Crippen molar-refractivity contribution >= 4 is 29.1 Å². The average molecular weight is 267 g/mol. The Kier molecular flexibility index (Phi) is 2.55. The van der Waals surface area contributed by atoms with Crippen molar-refractivity contribution in [2.75, 3.05) is 18.0 Å². The second-order valence-electron chi connectivity index (χ2n) is 4.24. The molecule has 0 spiro atoms. The molecule has 0 bridgehead atoms. The highest BCUT2D eigenvalue weighted by Crippen LogP contribution is 2.25. The minimum atomic E-state index is -0.271. The molecule has 1 saturated heterocycles. The Morgan fingerprint density at radius 1 is 1.56 bits per heavy atom. The molecule has 0 saturated carbocycles. The minimum absolute atomic E-state index is 0.129. The third kappa shape index (κ3) is 1.76. The first-order valence-corrected chi connectivity index (χ1v) is 5.93. The maximum Gasteiger partial charge on any atom is 0.255 e. The van der Waals surface area contributed by atoms with Gasteiger partial charge >= 0.3 is 0 Å². The number of fused-ring (bicyclic) bond motifs is 1. The largest absolute Gasteiger partial charge is 0.369 e. The topological polar surface area (TPSA) is 89.4 Å². The Hall–Kier alpha value is -1.89. The van der Waals surface area contributed by atoms with E-state index >= 15 is 0 Å². The highest BCUT2D eigenvalue weighted by molar-refractivity contribution is 6.29. The van der Waals surface area contributed by atoms with Gasteiger partial charge in [-0.3, -0.25) is 4.79 Å². The lowest BCUT2D eigenvalue weighted by Gasteiger charge is -2.18. The summed E-state index contributed by atoms with van der Waals surface area (Å²) in [6.07, 6.45) is 2.16. The van der Waals surface area contributed by atoms with Crippen LogP contribution in [0.1, 0.15) is 6.42 Å². The van der Waals surface area contributed by atoms with Crippen molar-refractivity contribution in [3.8, 4) is 0 Å². The first-order valence-electron chi connectivity index (χ1n) is 5.55. The summed E-state index contributed by atoms with van der Waals surface area (Å²) in [5.74, 6) is 0.828. The number of hydrogen-bond acceptors (Lipinski definition) is 5. The van der Waals surface area contributed by atoms with E-state index in [0.717, 1.165) is 18.8 Å². The van der Waals surface area contributed by atoms with Crippen LogP contribution in [0.15, 0.2) is 12.4 Å². The fourth-order valence-electron chi connectivity index (χ4n) is 2.19. The molecule has 2 aromatic heterocycles. The van der Waals surface area contributed by atoms with E-state index < -0.39 is 0 Å². The molecule has 1 unspecified atom stereocenters. The first-order chi connectivity index (χ1) is 8.65. The van der Waals surface area contributed by atoms with Gasteiger partial charge in [-0.15, -0.1) is 0 Å². The number of anilines is 1. The van der Waals surface area contributed by atoms with Crippen LogP contribution in [0.5, 0.6) is 0 Å². The molecule has 1 amide bonds. The Morgan fingerprint density at radius 2 is 2.39 bits per heavy atom. The number of rotatable bonds is 2. The Morgan fingerprint density at radius 3 is 3.11 bits per heavy atom.